The minimum atomic E-state index is 0.329. The molecule has 0 saturated heterocycles. The highest BCUT2D eigenvalue weighted by atomic mass is 79.9. The van der Waals surface area contributed by atoms with Crippen molar-refractivity contribution >= 4 is 33.5 Å². The molecular formula is C9H13BrClN3. The molecule has 0 radical (unpaired) electrons. The smallest absolute Gasteiger partial charge is 0.222 e. The van der Waals surface area contributed by atoms with Crippen molar-refractivity contribution < 1.29 is 0 Å². The summed E-state index contributed by atoms with van der Waals surface area (Å²) in [5.74, 6) is 1.14. The molecule has 2 unspecified atom stereocenters. The molecule has 0 saturated carbocycles. The Hall–Kier alpha value is -0.350. The molecule has 0 amide bonds. The molecule has 0 bridgehead atoms. The van der Waals surface area contributed by atoms with Gasteiger partial charge in [0.1, 0.15) is 0 Å². The third kappa shape index (κ3) is 3.42. The van der Waals surface area contributed by atoms with E-state index in [0.717, 1.165) is 5.33 Å². The van der Waals surface area contributed by atoms with Crippen molar-refractivity contribution in [1.82, 2.24) is 9.97 Å². The second kappa shape index (κ2) is 5.51. The van der Waals surface area contributed by atoms with E-state index in [2.05, 4.69) is 45.1 Å². The fourth-order valence-corrected chi connectivity index (χ4v) is 1.52. The topological polar surface area (TPSA) is 37.8 Å². The van der Waals surface area contributed by atoms with Gasteiger partial charge in [-0.15, -0.1) is 0 Å². The van der Waals surface area contributed by atoms with Gasteiger partial charge in [0.05, 0.1) is 17.4 Å². The molecule has 14 heavy (non-hydrogen) atoms. The second-order valence-electron chi connectivity index (χ2n) is 3.29. The lowest BCUT2D eigenvalue weighted by molar-refractivity contribution is 0.568. The summed E-state index contributed by atoms with van der Waals surface area (Å²) in [5.41, 5.74) is 0. The largest absolute Gasteiger partial charge is 0.351 e. The van der Waals surface area contributed by atoms with Gasteiger partial charge in [0.2, 0.25) is 5.95 Å². The Kier molecular flexibility index (Phi) is 4.62. The Morgan fingerprint density at radius 1 is 1.43 bits per heavy atom. The quantitative estimate of drug-likeness (QED) is 0.861. The number of anilines is 1. The summed E-state index contributed by atoms with van der Waals surface area (Å²) in [6.45, 7) is 4.26. The zero-order valence-corrected chi connectivity index (χ0v) is 10.5. The molecule has 1 aromatic heterocycles. The van der Waals surface area contributed by atoms with Gasteiger partial charge in [-0.2, -0.15) is 0 Å². The lowest BCUT2D eigenvalue weighted by Gasteiger charge is -2.18. The Morgan fingerprint density at radius 2 is 2.00 bits per heavy atom. The van der Waals surface area contributed by atoms with Crippen molar-refractivity contribution in [3.05, 3.63) is 17.4 Å². The van der Waals surface area contributed by atoms with Gasteiger partial charge in [-0.25, -0.2) is 9.97 Å². The van der Waals surface area contributed by atoms with Gasteiger partial charge in [0, 0.05) is 11.4 Å². The van der Waals surface area contributed by atoms with Crippen LogP contribution in [-0.2, 0) is 0 Å². The first-order chi connectivity index (χ1) is 6.63. The molecule has 1 N–H and O–H groups in total. The van der Waals surface area contributed by atoms with E-state index < -0.39 is 0 Å². The predicted octanol–water partition coefficient (Wildman–Crippen LogP) is 2.96. The van der Waals surface area contributed by atoms with Crippen molar-refractivity contribution in [2.24, 2.45) is 5.92 Å². The Morgan fingerprint density at radius 3 is 2.50 bits per heavy atom. The SMILES string of the molecule is CC(CBr)C(C)Nc1ncc(Cl)cn1. The van der Waals surface area contributed by atoms with E-state index in [1.54, 1.807) is 12.4 Å². The Balaban J connectivity index is 2.56. The van der Waals surface area contributed by atoms with Crippen LogP contribution in [0.15, 0.2) is 12.4 Å². The summed E-state index contributed by atoms with van der Waals surface area (Å²) in [6.07, 6.45) is 3.17. The van der Waals surface area contributed by atoms with E-state index in [1.807, 2.05) is 0 Å². The average Bonchev–Trinajstić information content (AvgIpc) is 2.20. The molecule has 0 aliphatic carbocycles. The Labute approximate surface area is 97.4 Å². The number of rotatable bonds is 4. The summed E-state index contributed by atoms with van der Waals surface area (Å²) in [5, 5.41) is 4.71. The summed E-state index contributed by atoms with van der Waals surface area (Å²) in [6, 6.07) is 0.329. The molecule has 0 fully saturated rings. The van der Waals surface area contributed by atoms with Crippen LogP contribution < -0.4 is 5.32 Å². The van der Waals surface area contributed by atoms with Gasteiger partial charge >= 0.3 is 0 Å². The summed E-state index contributed by atoms with van der Waals surface area (Å²) < 4.78 is 0. The maximum absolute atomic E-state index is 5.68. The molecule has 1 rings (SSSR count). The molecule has 5 heteroatoms. The summed E-state index contributed by atoms with van der Waals surface area (Å²) in [7, 11) is 0. The molecule has 78 valence electrons. The van der Waals surface area contributed by atoms with Gasteiger partial charge < -0.3 is 5.32 Å². The molecule has 1 heterocycles. The normalized spacial score (nSPS) is 14.9. The highest BCUT2D eigenvalue weighted by Gasteiger charge is 2.11. The van der Waals surface area contributed by atoms with E-state index in [0.29, 0.717) is 22.9 Å². The maximum atomic E-state index is 5.68. The highest BCUT2D eigenvalue weighted by Crippen LogP contribution is 2.11. The van der Waals surface area contributed by atoms with E-state index in [9.17, 15) is 0 Å². The van der Waals surface area contributed by atoms with Crippen LogP contribution >= 0.6 is 27.5 Å². The summed E-state index contributed by atoms with van der Waals surface area (Å²) >= 11 is 9.12. The first kappa shape index (κ1) is 11.7. The number of nitrogens with one attached hydrogen (secondary N) is 1. The number of nitrogens with zero attached hydrogens (tertiary/aromatic N) is 2. The number of aromatic nitrogens is 2. The third-order valence-corrected chi connectivity index (χ3v) is 3.29. The van der Waals surface area contributed by atoms with Crippen LogP contribution in [-0.4, -0.2) is 21.3 Å². The maximum Gasteiger partial charge on any atom is 0.222 e. The van der Waals surface area contributed by atoms with Crippen LogP contribution in [0.4, 0.5) is 5.95 Å². The lowest BCUT2D eigenvalue weighted by Crippen LogP contribution is -2.25. The van der Waals surface area contributed by atoms with Gasteiger partial charge in [-0.05, 0) is 12.8 Å². The van der Waals surface area contributed by atoms with Gasteiger partial charge in [-0.3, -0.25) is 0 Å². The van der Waals surface area contributed by atoms with E-state index >= 15 is 0 Å². The fraction of sp³-hybridized carbons (Fsp3) is 0.556. The van der Waals surface area contributed by atoms with Crippen molar-refractivity contribution in [2.75, 3.05) is 10.6 Å². The lowest BCUT2D eigenvalue weighted by atomic mass is 10.1. The minimum Gasteiger partial charge on any atom is -0.351 e. The molecule has 0 aromatic carbocycles. The third-order valence-electron chi connectivity index (χ3n) is 2.07. The van der Waals surface area contributed by atoms with E-state index in [4.69, 9.17) is 11.6 Å². The highest BCUT2D eigenvalue weighted by molar-refractivity contribution is 9.09. The van der Waals surface area contributed by atoms with Crippen molar-refractivity contribution in [1.29, 1.82) is 0 Å². The first-order valence-corrected chi connectivity index (χ1v) is 5.93. The molecule has 0 spiro atoms. The van der Waals surface area contributed by atoms with E-state index in [1.165, 1.54) is 0 Å². The van der Waals surface area contributed by atoms with Gasteiger partial charge in [-0.1, -0.05) is 34.5 Å². The van der Waals surface area contributed by atoms with Crippen LogP contribution in [0.25, 0.3) is 0 Å². The first-order valence-electron chi connectivity index (χ1n) is 4.43. The van der Waals surface area contributed by atoms with Crippen LogP contribution in [0.5, 0.6) is 0 Å². The molecule has 2 atom stereocenters. The molecule has 1 aromatic rings. The van der Waals surface area contributed by atoms with Gasteiger partial charge in [0.15, 0.2) is 0 Å². The fourth-order valence-electron chi connectivity index (χ4n) is 0.866. The minimum absolute atomic E-state index is 0.329. The second-order valence-corrected chi connectivity index (χ2v) is 4.37. The molecule has 3 nitrogen and oxygen atoms in total. The molecular weight excluding hydrogens is 265 g/mol. The van der Waals surface area contributed by atoms with Crippen LogP contribution in [0, 0.1) is 5.92 Å². The van der Waals surface area contributed by atoms with Crippen LogP contribution in [0.3, 0.4) is 0 Å². The van der Waals surface area contributed by atoms with Gasteiger partial charge in [0.25, 0.3) is 0 Å². The van der Waals surface area contributed by atoms with Crippen LogP contribution in [0.1, 0.15) is 13.8 Å². The van der Waals surface area contributed by atoms with Crippen molar-refractivity contribution in [2.45, 2.75) is 19.9 Å². The zero-order valence-electron chi connectivity index (χ0n) is 8.17. The van der Waals surface area contributed by atoms with Crippen molar-refractivity contribution in [3.63, 3.8) is 0 Å². The monoisotopic (exact) mass is 277 g/mol. The van der Waals surface area contributed by atoms with Crippen LogP contribution in [0.2, 0.25) is 5.02 Å². The van der Waals surface area contributed by atoms with E-state index in [-0.39, 0.29) is 0 Å². The summed E-state index contributed by atoms with van der Waals surface area (Å²) in [4.78, 5) is 8.13. The Bertz CT molecular complexity index is 278. The number of hydrogen-bond donors (Lipinski definition) is 1. The zero-order chi connectivity index (χ0) is 10.6. The molecule has 0 aliphatic rings. The van der Waals surface area contributed by atoms with Crippen molar-refractivity contribution in [3.8, 4) is 0 Å². The predicted molar refractivity (Wildman–Crippen MR) is 63.1 cm³/mol. The standard InChI is InChI=1S/C9H13BrClN3/c1-6(3-10)7(2)14-9-12-4-8(11)5-13-9/h4-7H,3H2,1-2H3,(H,12,13,14). The number of alkyl halides is 1. The molecule has 0 aliphatic heterocycles. The number of halogens is 2. The number of hydrogen-bond acceptors (Lipinski definition) is 3. The average molecular weight is 279 g/mol.